The monoisotopic (exact) mass is 269 g/mol. The molecule has 0 aliphatic heterocycles. The molecule has 6 nitrogen and oxygen atoms in total. The number of hydrogen-bond donors (Lipinski definition) is 2. The molecule has 2 aromatic rings. The number of hydrogen-bond acceptors (Lipinski definition) is 4. The summed E-state index contributed by atoms with van der Waals surface area (Å²) < 4.78 is 31.4. The number of rotatable bonds is 3. The summed E-state index contributed by atoms with van der Waals surface area (Å²) in [6.45, 7) is 0. The van der Waals surface area contributed by atoms with E-state index in [1.165, 1.54) is 0 Å². The fraction of sp³-hybridized carbons (Fsp3) is 0. The van der Waals surface area contributed by atoms with Crippen molar-refractivity contribution < 1.29 is 33.1 Å². The molecule has 1 heterocycles. The molecule has 2 rings (SSSR count). The van der Waals surface area contributed by atoms with Crippen molar-refractivity contribution in [3.05, 3.63) is 41.1 Å². The number of nitrogens with zero attached hydrogens (tertiary/aromatic N) is 1. The van der Waals surface area contributed by atoms with Crippen LogP contribution in [-0.4, -0.2) is 27.3 Å². The molecule has 98 valence electrons. The van der Waals surface area contributed by atoms with Crippen LogP contribution in [0, 0.1) is 11.6 Å². The lowest BCUT2D eigenvalue weighted by Crippen LogP contribution is -2.04. The van der Waals surface area contributed by atoms with E-state index in [4.69, 9.17) is 10.2 Å². The average molecular weight is 269 g/mol. The van der Waals surface area contributed by atoms with Crippen molar-refractivity contribution in [1.82, 2.24) is 5.16 Å². The van der Waals surface area contributed by atoms with Crippen LogP contribution in [0.25, 0.3) is 11.3 Å². The zero-order valence-corrected chi connectivity index (χ0v) is 9.05. The van der Waals surface area contributed by atoms with Crippen molar-refractivity contribution in [2.75, 3.05) is 0 Å². The topological polar surface area (TPSA) is 101 Å². The molecule has 0 aliphatic rings. The molecule has 0 spiro atoms. The minimum Gasteiger partial charge on any atom is -0.477 e. The summed E-state index contributed by atoms with van der Waals surface area (Å²) in [5.41, 5.74) is -1.68. The quantitative estimate of drug-likeness (QED) is 0.883. The lowest BCUT2D eigenvalue weighted by molar-refractivity contribution is 0.0674. The molecule has 0 saturated heterocycles. The van der Waals surface area contributed by atoms with Gasteiger partial charge in [0.25, 0.3) is 0 Å². The van der Waals surface area contributed by atoms with Crippen molar-refractivity contribution in [2.45, 2.75) is 0 Å². The molecule has 0 amide bonds. The molecule has 0 bridgehead atoms. The van der Waals surface area contributed by atoms with Crippen molar-refractivity contribution in [2.24, 2.45) is 0 Å². The molecule has 0 aliphatic carbocycles. The largest absolute Gasteiger partial charge is 0.477 e. The Balaban J connectivity index is 2.51. The van der Waals surface area contributed by atoms with Crippen LogP contribution < -0.4 is 0 Å². The molecule has 0 saturated carbocycles. The van der Waals surface area contributed by atoms with Crippen LogP contribution in [-0.2, 0) is 0 Å². The third-order valence-corrected chi connectivity index (χ3v) is 2.27. The van der Waals surface area contributed by atoms with Gasteiger partial charge in [-0.3, -0.25) is 0 Å². The second-order valence-electron chi connectivity index (χ2n) is 3.50. The fourth-order valence-corrected chi connectivity index (χ4v) is 1.43. The van der Waals surface area contributed by atoms with Gasteiger partial charge in [0.1, 0.15) is 17.2 Å². The molecule has 0 fully saturated rings. The summed E-state index contributed by atoms with van der Waals surface area (Å²) in [7, 11) is 0. The zero-order valence-electron chi connectivity index (χ0n) is 9.05. The molecule has 8 heteroatoms. The summed E-state index contributed by atoms with van der Waals surface area (Å²) >= 11 is 0. The molecule has 0 radical (unpaired) electrons. The zero-order chi connectivity index (χ0) is 14.2. The normalized spacial score (nSPS) is 10.4. The summed E-state index contributed by atoms with van der Waals surface area (Å²) in [5.74, 6) is -5.89. The lowest BCUT2D eigenvalue weighted by Gasteiger charge is -2.02. The molecule has 0 unspecified atom stereocenters. The lowest BCUT2D eigenvalue weighted by atomic mass is 10.1. The van der Waals surface area contributed by atoms with E-state index in [0.717, 1.165) is 18.2 Å². The Hall–Kier alpha value is -2.77. The predicted octanol–water partition coefficient (Wildman–Crippen LogP) is 2.02. The van der Waals surface area contributed by atoms with Gasteiger partial charge in [0.05, 0.1) is 0 Å². The fourth-order valence-electron chi connectivity index (χ4n) is 1.43. The second kappa shape index (κ2) is 4.48. The van der Waals surface area contributed by atoms with E-state index in [9.17, 15) is 18.4 Å². The van der Waals surface area contributed by atoms with Gasteiger partial charge < -0.3 is 14.7 Å². The highest BCUT2D eigenvalue weighted by Crippen LogP contribution is 2.25. The van der Waals surface area contributed by atoms with E-state index in [2.05, 4.69) is 9.68 Å². The number of halogens is 2. The number of benzene rings is 1. The van der Waals surface area contributed by atoms with Gasteiger partial charge >= 0.3 is 11.9 Å². The Bertz CT molecular complexity index is 656. The maximum absolute atomic E-state index is 13.4. The Labute approximate surface area is 103 Å². The van der Waals surface area contributed by atoms with Crippen LogP contribution in [0.5, 0.6) is 0 Å². The molecule has 1 aromatic carbocycles. The first-order valence-electron chi connectivity index (χ1n) is 4.83. The number of aromatic carboxylic acids is 2. The molecule has 19 heavy (non-hydrogen) atoms. The van der Waals surface area contributed by atoms with Gasteiger partial charge in [-0.2, -0.15) is 0 Å². The molecule has 1 aromatic heterocycles. The third kappa shape index (κ3) is 2.28. The van der Waals surface area contributed by atoms with Gasteiger partial charge in [0, 0.05) is 11.6 Å². The van der Waals surface area contributed by atoms with Gasteiger partial charge in [-0.15, -0.1) is 0 Å². The maximum atomic E-state index is 13.4. The molecule has 2 N–H and O–H groups in total. The van der Waals surface area contributed by atoms with E-state index < -0.39 is 34.8 Å². The minimum absolute atomic E-state index is 0.153. The van der Waals surface area contributed by atoms with Gasteiger partial charge in [0.15, 0.2) is 11.5 Å². The summed E-state index contributed by atoms with van der Waals surface area (Å²) in [4.78, 5) is 21.2. The van der Waals surface area contributed by atoms with E-state index in [-0.39, 0.29) is 11.3 Å². The average Bonchev–Trinajstić information content (AvgIpc) is 2.76. The van der Waals surface area contributed by atoms with Crippen LogP contribution in [0.3, 0.4) is 0 Å². The van der Waals surface area contributed by atoms with Crippen LogP contribution in [0.2, 0.25) is 0 Å². The minimum atomic E-state index is -1.75. The van der Waals surface area contributed by atoms with Crippen LogP contribution >= 0.6 is 0 Å². The SMILES string of the molecule is O=C(O)c1cc(-c2cc(F)c(C(=O)O)c(F)c2)on1. The molecular formula is C11H5F2NO5. The Morgan fingerprint density at radius 1 is 1.05 bits per heavy atom. The summed E-state index contributed by atoms with van der Waals surface area (Å²) in [6, 6.07) is 2.41. The van der Waals surface area contributed by atoms with Crippen LogP contribution in [0.4, 0.5) is 8.78 Å². The first kappa shape index (κ1) is 12.7. The van der Waals surface area contributed by atoms with Gasteiger partial charge in [-0.05, 0) is 12.1 Å². The van der Waals surface area contributed by atoms with Crippen molar-refractivity contribution in [3.8, 4) is 11.3 Å². The highest BCUT2D eigenvalue weighted by molar-refractivity contribution is 5.89. The van der Waals surface area contributed by atoms with E-state index in [1.807, 2.05) is 0 Å². The summed E-state index contributed by atoms with van der Waals surface area (Å²) in [5, 5.41) is 20.4. The van der Waals surface area contributed by atoms with Gasteiger partial charge in [-0.1, -0.05) is 5.16 Å². The first-order valence-corrected chi connectivity index (χ1v) is 4.83. The van der Waals surface area contributed by atoms with Crippen molar-refractivity contribution in [3.63, 3.8) is 0 Å². The van der Waals surface area contributed by atoms with Crippen LogP contribution in [0.15, 0.2) is 22.7 Å². The first-order chi connectivity index (χ1) is 8.90. The van der Waals surface area contributed by atoms with Crippen LogP contribution in [0.1, 0.15) is 20.8 Å². The predicted molar refractivity (Wildman–Crippen MR) is 55.8 cm³/mol. The van der Waals surface area contributed by atoms with Crippen molar-refractivity contribution in [1.29, 1.82) is 0 Å². The summed E-state index contributed by atoms with van der Waals surface area (Å²) in [6.07, 6.45) is 0. The van der Waals surface area contributed by atoms with E-state index >= 15 is 0 Å². The smallest absolute Gasteiger partial charge is 0.358 e. The van der Waals surface area contributed by atoms with E-state index in [1.54, 1.807) is 0 Å². The standard InChI is InChI=1S/C11H5F2NO5/c12-5-1-4(2-6(13)9(5)11(17)18)8-3-7(10(15)16)14-19-8/h1-3H,(H,15,16)(H,17,18). The number of carboxylic acids is 2. The number of aromatic nitrogens is 1. The number of carbonyl (C=O) groups is 2. The van der Waals surface area contributed by atoms with Crippen molar-refractivity contribution >= 4 is 11.9 Å². The second-order valence-corrected chi connectivity index (χ2v) is 3.50. The van der Waals surface area contributed by atoms with Gasteiger partial charge in [0.2, 0.25) is 0 Å². The highest BCUT2D eigenvalue weighted by atomic mass is 19.1. The van der Waals surface area contributed by atoms with E-state index in [0.29, 0.717) is 0 Å². The Morgan fingerprint density at radius 2 is 1.63 bits per heavy atom. The molecular weight excluding hydrogens is 264 g/mol. The maximum Gasteiger partial charge on any atom is 0.358 e. The third-order valence-electron chi connectivity index (χ3n) is 2.27. The molecule has 0 atom stereocenters. The Kier molecular flexibility index (Phi) is 2.99. The Morgan fingerprint density at radius 3 is 2.05 bits per heavy atom. The number of carboxylic acid groups (broad SMARTS) is 2. The highest BCUT2D eigenvalue weighted by Gasteiger charge is 2.20. The van der Waals surface area contributed by atoms with Gasteiger partial charge in [-0.25, -0.2) is 18.4 Å².